The molecule has 0 N–H and O–H groups in total. The molecule has 1 aliphatic rings. The first-order valence-corrected chi connectivity index (χ1v) is 8.28. The number of rotatable bonds is 3. The summed E-state index contributed by atoms with van der Waals surface area (Å²) in [6.45, 7) is 0.807. The summed E-state index contributed by atoms with van der Waals surface area (Å²) in [4.78, 5) is 16.9. The Morgan fingerprint density at radius 2 is 1.74 bits per heavy atom. The monoisotopic (exact) mass is 328 g/mol. The normalized spacial score (nSPS) is 17.3. The molecule has 1 unspecified atom stereocenters. The van der Waals surface area contributed by atoms with Gasteiger partial charge in [-0.3, -0.25) is 4.79 Å². The van der Waals surface area contributed by atoms with Gasteiger partial charge < -0.3 is 9.80 Å². The standard InChI is InChI=1S/C19H21ClN2O/c1-21(2)17-11-7-15(8-12-17)19(23)22-13-3-4-18(22)14-5-9-16(20)10-6-14/h5-12,18H,3-4,13H2,1-2H3. The van der Waals surface area contributed by atoms with E-state index in [-0.39, 0.29) is 11.9 Å². The maximum Gasteiger partial charge on any atom is 0.254 e. The highest BCUT2D eigenvalue weighted by atomic mass is 35.5. The lowest BCUT2D eigenvalue weighted by molar-refractivity contribution is 0.0735. The first-order valence-electron chi connectivity index (χ1n) is 7.90. The van der Waals surface area contributed by atoms with Crippen LogP contribution in [-0.4, -0.2) is 31.4 Å². The molecule has 0 spiro atoms. The summed E-state index contributed by atoms with van der Waals surface area (Å²) in [7, 11) is 3.99. The lowest BCUT2D eigenvalue weighted by Gasteiger charge is -2.25. The third kappa shape index (κ3) is 3.35. The molecule has 1 fully saturated rings. The molecule has 1 aliphatic heterocycles. The van der Waals surface area contributed by atoms with E-state index in [0.29, 0.717) is 0 Å². The molecular formula is C19H21ClN2O. The molecule has 1 saturated heterocycles. The van der Waals surface area contributed by atoms with Crippen LogP contribution >= 0.6 is 11.6 Å². The number of benzene rings is 2. The first kappa shape index (κ1) is 15.9. The van der Waals surface area contributed by atoms with Crippen LogP contribution < -0.4 is 4.90 Å². The van der Waals surface area contributed by atoms with Crippen molar-refractivity contribution in [3.63, 3.8) is 0 Å². The lowest BCUT2D eigenvalue weighted by atomic mass is 10.0. The summed E-state index contributed by atoms with van der Waals surface area (Å²) >= 11 is 5.97. The number of amides is 1. The van der Waals surface area contributed by atoms with E-state index >= 15 is 0 Å². The maximum absolute atomic E-state index is 12.9. The summed E-state index contributed by atoms with van der Waals surface area (Å²) < 4.78 is 0. The zero-order valence-corrected chi connectivity index (χ0v) is 14.3. The Morgan fingerprint density at radius 3 is 2.35 bits per heavy atom. The molecule has 2 aromatic carbocycles. The van der Waals surface area contributed by atoms with Crippen LogP contribution in [0.1, 0.15) is 34.8 Å². The Kier molecular flexibility index (Phi) is 4.58. The second-order valence-corrected chi connectivity index (χ2v) is 6.59. The Hall–Kier alpha value is -2.00. The van der Waals surface area contributed by atoms with Crippen molar-refractivity contribution in [1.29, 1.82) is 0 Å². The molecule has 3 nitrogen and oxygen atoms in total. The van der Waals surface area contributed by atoms with Crippen LogP contribution in [-0.2, 0) is 0 Å². The number of carbonyl (C=O) groups excluding carboxylic acids is 1. The highest BCUT2D eigenvalue weighted by Crippen LogP contribution is 2.33. The van der Waals surface area contributed by atoms with Gasteiger partial charge in [0.1, 0.15) is 0 Å². The van der Waals surface area contributed by atoms with Crippen LogP contribution in [0, 0.1) is 0 Å². The number of carbonyl (C=O) groups is 1. The smallest absolute Gasteiger partial charge is 0.254 e. The van der Waals surface area contributed by atoms with Gasteiger partial charge in [0.2, 0.25) is 0 Å². The van der Waals surface area contributed by atoms with E-state index in [1.54, 1.807) is 0 Å². The minimum Gasteiger partial charge on any atom is -0.378 e. The van der Waals surface area contributed by atoms with Crippen molar-refractivity contribution in [2.45, 2.75) is 18.9 Å². The molecule has 1 atom stereocenters. The number of halogens is 1. The highest BCUT2D eigenvalue weighted by Gasteiger charge is 2.30. The van der Waals surface area contributed by atoms with Gasteiger partial charge in [0.15, 0.2) is 0 Å². The van der Waals surface area contributed by atoms with E-state index in [1.807, 2.05) is 72.4 Å². The number of anilines is 1. The van der Waals surface area contributed by atoms with E-state index < -0.39 is 0 Å². The lowest BCUT2D eigenvalue weighted by Crippen LogP contribution is -2.30. The van der Waals surface area contributed by atoms with Gasteiger partial charge in [-0.15, -0.1) is 0 Å². The zero-order valence-electron chi connectivity index (χ0n) is 13.5. The quantitative estimate of drug-likeness (QED) is 0.834. The van der Waals surface area contributed by atoms with E-state index in [1.165, 1.54) is 0 Å². The Morgan fingerprint density at radius 1 is 1.09 bits per heavy atom. The van der Waals surface area contributed by atoms with Crippen molar-refractivity contribution in [2.24, 2.45) is 0 Å². The van der Waals surface area contributed by atoms with E-state index in [0.717, 1.165) is 41.2 Å². The molecule has 1 heterocycles. The molecule has 0 aromatic heterocycles. The fourth-order valence-corrected chi connectivity index (χ4v) is 3.24. The van der Waals surface area contributed by atoms with Gasteiger partial charge in [0.25, 0.3) is 5.91 Å². The molecule has 23 heavy (non-hydrogen) atoms. The molecular weight excluding hydrogens is 308 g/mol. The van der Waals surface area contributed by atoms with E-state index in [4.69, 9.17) is 11.6 Å². The van der Waals surface area contributed by atoms with Crippen LogP contribution in [0.5, 0.6) is 0 Å². The molecule has 2 aromatic rings. The molecule has 0 aliphatic carbocycles. The Bertz CT molecular complexity index is 680. The Labute approximate surface area is 142 Å². The predicted octanol–water partition coefficient (Wildman–Crippen LogP) is 4.38. The summed E-state index contributed by atoms with van der Waals surface area (Å²) in [5, 5.41) is 0.726. The molecule has 3 rings (SSSR count). The largest absolute Gasteiger partial charge is 0.378 e. The average Bonchev–Trinajstić information content (AvgIpc) is 3.04. The predicted molar refractivity (Wildman–Crippen MR) is 95.2 cm³/mol. The van der Waals surface area contributed by atoms with E-state index in [9.17, 15) is 4.79 Å². The SMILES string of the molecule is CN(C)c1ccc(C(=O)N2CCCC2c2ccc(Cl)cc2)cc1. The molecule has 0 saturated carbocycles. The second kappa shape index (κ2) is 6.63. The first-order chi connectivity index (χ1) is 11.1. The molecule has 120 valence electrons. The highest BCUT2D eigenvalue weighted by molar-refractivity contribution is 6.30. The number of hydrogen-bond acceptors (Lipinski definition) is 2. The fraction of sp³-hybridized carbons (Fsp3) is 0.316. The van der Waals surface area contributed by atoms with Gasteiger partial charge in [0.05, 0.1) is 6.04 Å². The fourth-order valence-electron chi connectivity index (χ4n) is 3.11. The summed E-state index contributed by atoms with van der Waals surface area (Å²) in [6, 6.07) is 15.8. The minimum absolute atomic E-state index is 0.104. The molecule has 0 bridgehead atoms. The number of likely N-dealkylation sites (tertiary alicyclic amines) is 1. The summed E-state index contributed by atoms with van der Waals surface area (Å²) in [5.41, 5.74) is 3.00. The molecule has 4 heteroatoms. The van der Waals surface area contributed by atoms with Gasteiger partial charge in [-0.1, -0.05) is 23.7 Å². The van der Waals surface area contributed by atoms with Gasteiger partial charge in [0, 0.05) is 36.9 Å². The Balaban J connectivity index is 1.81. The average molecular weight is 329 g/mol. The summed E-state index contributed by atoms with van der Waals surface area (Å²) in [6.07, 6.45) is 2.04. The van der Waals surface area contributed by atoms with Crippen molar-refractivity contribution in [2.75, 3.05) is 25.5 Å². The zero-order chi connectivity index (χ0) is 16.4. The van der Waals surface area contributed by atoms with Gasteiger partial charge >= 0.3 is 0 Å². The maximum atomic E-state index is 12.9. The van der Waals surface area contributed by atoms with Crippen LogP contribution in [0.3, 0.4) is 0 Å². The van der Waals surface area contributed by atoms with Crippen molar-refractivity contribution in [3.05, 3.63) is 64.7 Å². The van der Waals surface area contributed by atoms with Gasteiger partial charge in [-0.05, 0) is 54.8 Å². The third-order valence-electron chi connectivity index (χ3n) is 4.40. The molecule has 0 radical (unpaired) electrons. The van der Waals surface area contributed by atoms with Crippen molar-refractivity contribution >= 4 is 23.2 Å². The third-order valence-corrected chi connectivity index (χ3v) is 4.65. The number of hydrogen-bond donors (Lipinski definition) is 0. The number of nitrogens with zero attached hydrogens (tertiary/aromatic N) is 2. The van der Waals surface area contributed by atoms with Crippen LogP contribution in [0.2, 0.25) is 5.02 Å². The van der Waals surface area contributed by atoms with Crippen LogP contribution in [0.4, 0.5) is 5.69 Å². The van der Waals surface area contributed by atoms with Gasteiger partial charge in [-0.2, -0.15) is 0 Å². The van der Waals surface area contributed by atoms with Crippen LogP contribution in [0.25, 0.3) is 0 Å². The second-order valence-electron chi connectivity index (χ2n) is 6.15. The topological polar surface area (TPSA) is 23.6 Å². The van der Waals surface area contributed by atoms with Crippen LogP contribution in [0.15, 0.2) is 48.5 Å². The van der Waals surface area contributed by atoms with Gasteiger partial charge in [-0.25, -0.2) is 0 Å². The molecule has 1 amide bonds. The van der Waals surface area contributed by atoms with E-state index in [2.05, 4.69) is 0 Å². The van der Waals surface area contributed by atoms with Crippen molar-refractivity contribution in [1.82, 2.24) is 4.90 Å². The van der Waals surface area contributed by atoms with Crippen molar-refractivity contribution in [3.8, 4) is 0 Å². The summed E-state index contributed by atoms with van der Waals surface area (Å²) in [5.74, 6) is 0.104. The minimum atomic E-state index is 0.104. The van der Waals surface area contributed by atoms with Crippen molar-refractivity contribution < 1.29 is 4.79 Å².